The Labute approximate surface area is 78.0 Å². The summed E-state index contributed by atoms with van der Waals surface area (Å²) in [5.74, 6) is 0.572. The van der Waals surface area contributed by atoms with E-state index in [1.165, 1.54) is 0 Å². The summed E-state index contributed by atoms with van der Waals surface area (Å²) in [6, 6.07) is 0. The molecule has 0 atom stereocenters. The van der Waals surface area contributed by atoms with Crippen LogP contribution in [0.3, 0.4) is 0 Å². The van der Waals surface area contributed by atoms with Crippen LogP contribution in [-0.2, 0) is 9.59 Å². The van der Waals surface area contributed by atoms with Gasteiger partial charge in [0.05, 0.1) is 0 Å². The third kappa shape index (κ3) is 10.1. The predicted octanol–water partition coefficient (Wildman–Crippen LogP) is 1.49. The molecule has 0 bridgehead atoms. The summed E-state index contributed by atoms with van der Waals surface area (Å²) in [5.41, 5.74) is 0. The van der Waals surface area contributed by atoms with Gasteiger partial charge in [0.1, 0.15) is 0 Å². The van der Waals surface area contributed by atoms with Crippen molar-refractivity contribution in [1.82, 2.24) is 0 Å². The second-order valence-electron chi connectivity index (χ2n) is 2.65. The van der Waals surface area contributed by atoms with Crippen molar-refractivity contribution < 1.29 is 9.59 Å². The molecule has 3 heteroatoms. The van der Waals surface area contributed by atoms with Crippen molar-refractivity contribution in [1.29, 1.82) is 0 Å². The van der Waals surface area contributed by atoms with Crippen molar-refractivity contribution in [3.8, 4) is 0 Å². The number of hydrogen-bond donors (Lipinski definition) is 0. The molecule has 0 aliphatic heterocycles. The van der Waals surface area contributed by atoms with Crippen LogP contribution in [0.2, 0.25) is 8.87 Å². The predicted molar refractivity (Wildman–Crippen MR) is 46.0 cm³/mol. The van der Waals surface area contributed by atoms with Gasteiger partial charge in [0, 0.05) is 0 Å². The molecule has 1 radical (unpaired) electrons. The Balaban J connectivity index is 3.03. The molecule has 0 heterocycles. The average molecular weight is 261 g/mol. The molecule has 2 nitrogen and oxygen atoms in total. The van der Waals surface area contributed by atoms with E-state index in [2.05, 4.69) is 0 Å². The molecular weight excluding hydrogens is 247 g/mol. The molecule has 0 aromatic carbocycles. The second-order valence-corrected chi connectivity index (χ2v) is 6.94. The Morgan fingerprint density at radius 2 is 1.36 bits per heavy atom. The normalized spacial score (nSPS) is 9.27. The molecule has 0 spiro atoms. The van der Waals surface area contributed by atoms with Gasteiger partial charge >= 0.3 is 77.9 Å². The first kappa shape index (κ1) is 11.1. The van der Waals surface area contributed by atoms with E-state index in [4.69, 9.17) is 0 Å². The zero-order chi connectivity index (χ0) is 8.69. The van der Waals surface area contributed by atoms with Gasteiger partial charge in [-0.2, -0.15) is 0 Å². The van der Waals surface area contributed by atoms with E-state index in [1.54, 1.807) is 13.8 Å². The first-order valence-corrected chi connectivity index (χ1v) is 7.86. The summed E-state index contributed by atoms with van der Waals surface area (Å²) in [6.45, 7) is 3.26. The van der Waals surface area contributed by atoms with Gasteiger partial charge in [-0.1, -0.05) is 0 Å². The minimum absolute atomic E-state index is 0.286. The summed E-state index contributed by atoms with van der Waals surface area (Å²) in [5, 5.41) is 0. The number of carbonyl (C=O) groups is 2. The van der Waals surface area contributed by atoms with Crippen molar-refractivity contribution in [2.45, 2.75) is 35.6 Å². The number of ketones is 2. The van der Waals surface area contributed by atoms with E-state index in [9.17, 15) is 9.59 Å². The van der Waals surface area contributed by atoms with Gasteiger partial charge < -0.3 is 0 Å². The Bertz CT molecular complexity index is 127. The van der Waals surface area contributed by atoms with Gasteiger partial charge in [0.25, 0.3) is 0 Å². The number of carbonyl (C=O) groups excluding carboxylic acids is 2. The fourth-order valence-electron chi connectivity index (χ4n) is 0.654. The van der Waals surface area contributed by atoms with Crippen molar-refractivity contribution in [2.24, 2.45) is 0 Å². The molecule has 0 amide bonds. The SMILES string of the molecule is CC(=O)C[CH2][Sn+][CH2]CC(C)=O. The molecule has 0 fully saturated rings. The molecule has 0 unspecified atom stereocenters. The summed E-state index contributed by atoms with van der Waals surface area (Å²) < 4.78 is 2.21. The summed E-state index contributed by atoms with van der Waals surface area (Å²) >= 11 is -0.366. The Kier molecular flexibility index (Phi) is 6.91. The van der Waals surface area contributed by atoms with E-state index in [0.717, 1.165) is 21.7 Å². The molecule has 0 aliphatic rings. The third-order valence-corrected chi connectivity index (χ3v) is 4.75. The van der Waals surface area contributed by atoms with Crippen molar-refractivity contribution in [2.75, 3.05) is 0 Å². The maximum absolute atomic E-state index is 10.5. The molecule has 0 saturated carbocycles. The van der Waals surface area contributed by atoms with E-state index >= 15 is 0 Å². The van der Waals surface area contributed by atoms with Crippen LogP contribution in [0.15, 0.2) is 0 Å². The van der Waals surface area contributed by atoms with Gasteiger partial charge in [0.15, 0.2) is 0 Å². The molecule has 0 aromatic rings. The molecule has 0 N–H and O–H groups in total. The van der Waals surface area contributed by atoms with Gasteiger partial charge in [-0.3, -0.25) is 0 Å². The topological polar surface area (TPSA) is 34.1 Å². The monoisotopic (exact) mass is 262 g/mol. The number of rotatable bonds is 6. The van der Waals surface area contributed by atoms with Crippen molar-refractivity contribution in [3.63, 3.8) is 0 Å². The van der Waals surface area contributed by atoms with Crippen LogP contribution in [0.1, 0.15) is 26.7 Å². The molecule has 11 heavy (non-hydrogen) atoms. The van der Waals surface area contributed by atoms with E-state index in [0.29, 0.717) is 0 Å². The standard InChI is InChI=1S/2C4H7O.Sn/c2*1-3-4(2)5;/h2*1,3H2,2H3;/q;;+1. The van der Waals surface area contributed by atoms with Crippen LogP contribution < -0.4 is 0 Å². The zero-order valence-electron chi connectivity index (χ0n) is 7.14. The third-order valence-electron chi connectivity index (χ3n) is 1.31. The van der Waals surface area contributed by atoms with Crippen LogP contribution in [0.25, 0.3) is 0 Å². The van der Waals surface area contributed by atoms with Crippen LogP contribution in [-0.4, -0.2) is 32.7 Å². The Morgan fingerprint density at radius 1 is 1.00 bits per heavy atom. The molecular formula is C8H14O2Sn+. The van der Waals surface area contributed by atoms with Crippen LogP contribution in [0.4, 0.5) is 0 Å². The van der Waals surface area contributed by atoms with Crippen molar-refractivity contribution >= 4 is 32.7 Å². The number of Topliss-reactive ketones (excluding diaryl/α,β-unsaturated/α-hetero) is 2. The molecule has 0 rings (SSSR count). The van der Waals surface area contributed by atoms with Crippen LogP contribution >= 0.6 is 0 Å². The van der Waals surface area contributed by atoms with Crippen molar-refractivity contribution in [3.05, 3.63) is 0 Å². The molecule has 61 valence electrons. The van der Waals surface area contributed by atoms with Gasteiger partial charge in [0.2, 0.25) is 0 Å². The van der Waals surface area contributed by atoms with E-state index in [-0.39, 0.29) is 32.7 Å². The molecule has 0 aliphatic carbocycles. The summed E-state index contributed by atoms with van der Waals surface area (Å²) in [6.07, 6.45) is 1.48. The quantitative estimate of drug-likeness (QED) is 0.536. The maximum atomic E-state index is 10.5. The van der Waals surface area contributed by atoms with Crippen LogP contribution in [0, 0.1) is 0 Å². The minimum atomic E-state index is -0.366. The van der Waals surface area contributed by atoms with E-state index in [1.807, 2.05) is 0 Å². The Morgan fingerprint density at radius 3 is 1.64 bits per heavy atom. The Hall–Kier alpha value is 0.139. The molecule has 0 aromatic heterocycles. The summed E-state index contributed by atoms with van der Waals surface area (Å²) in [4.78, 5) is 21.0. The first-order valence-electron chi connectivity index (χ1n) is 3.82. The number of hydrogen-bond acceptors (Lipinski definition) is 2. The van der Waals surface area contributed by atoms with Gasteiger partial charge in [-0.15, -0.1) is 0 Å². The molecule has 0 saturated heterocycles. The van der Waals surface area contributed by atoms with Gasteiger partial charge in [-0.05, 0) is 0 Å². The second kappa shape index (κ2) is 6.82. The average Bonchev–Trinajstić information content (AvgIpc) is 1.85. The van der Waals surface area contributed by atoms with Crippen LogP contribution in [0.5, 0.6) is 0 Å². The fourth-order valence-corrected chi connectivity index (χ4v) is 4.39. The van der Waals surface area contributed by atoms with E-state index < -0.39 is 0 Å². The zero-order valence-corrected chi connectivity index (χ0v) is 10.00. The first-order chi connectivity index (χ1) is 5.13. The van der Waals surface area contributed by atoms with Gasteiger partial charge in [-0.25, -0.2) is 0 Å². The fraction of sp³-hybridized carbons (Fsp3) is 0.750. The summed E-state index contributed by atoms with van der Waals surface area (Å²) in [7, 11) is 0.